The molecule has 3 heterocycles. The van der Waals surface area contributed by atoms with Crippen molar-refractivity contribution in [2.24, 2.45) is 0 Å². The molecule has 0 bridgehead atoms. The van der Waals surface area contributed by atoms with Gasteiger partial charge in [-0.25, -0.2) is 15.0 Å². The molecule has 5 nitrogen and oxygen atoms in total. The normalized spacial score (nSPS) is 11.3. The highest BCUT2D eigenvalue weighted by atomic mass is 35.5. The second-order valence-corrected chi connectivity index (χ2v) is 5.63. The monoisotopic (exact) mass is 293 g/mol. The van der Waals surface area contributed by atoms with E-state index in [9.17, 15) is 0 Å². The van der Waals surface area contributed by atoms with E-state index in [4.69, 9.17) is 17.3 Å². The molecule has 0 saturated carbocycles. The Labute approximate surface area is 119 Å². The molecule has 0 spiro atoms. The van der Waals surface area contributed by atoms with Gasteiger partial charge in [-0.05, 0) is 13.0 Å². The third kappa shape index (κ3) is 2.41. The van der Waals surface area contributed by atoms with Gasteiger partial charge in [-0.15, -0.1) is 11.3 Å². The van der Waals surface area contributed by atoms with Gasteiger partial charge < -0.3 is 5.73 Å². The highest BCUT2D eigenvalue weighted by molar-refractivity contribution is 7.09. The molecule has 0 atom stereocenters. The molecule has 0 aliphatic heterocycles. The van der Waals surface area contributed by atoms with Crippen molar-refractivity contribution in [3.63, 3.8) is 0 Å². The van der Waals surface area contributed by atoms with Crippen LogP contribution >= 0.6 is 22.9 Å². The standard InChI is InChI=1S/C12H12ClN5S/c1-7-6-19-10(16-7)2-3-18-11-9(17-12(18)14)4-8(13)5-15-11/h4-6H,2-3H2,1H3,(H2,14,17). The molecular weight excluding hydrogens is 282 g/mol. The summed E-state index contributed by atoms with van der Waals surface area (Å²) in [4.78, 5) is 13.0. The first-order chi connectivity index (χ1) is 9.13. The number of pyridine rings is 1. The Morgan fingerprint density at radius 1 is 1.42 bits per heavy atom. The average Bonchev–Trinajstić information content (AvgIpc) is 2.89. The summed E-state index contributed by atoms with van der Waals surface area (Å²) >= 11 is 7.55. The number of fused-ring (bicyclic) bond motifs is 1. The Kier molecular flexibility index (Phi) is 3.12. The van der Waals surface area contributed by atoms with Crippen molar-refractivity contribution >= 4 is 40.0 Å². The quantitative estimate of drug-likeness (QED) is 0.806. The molecule has 3 aromatic heterocycles. The fraction of sp³-hybridized carbons (Fsp3) is 0.250. The summed E-state index contributed by atoms with van der Waals surface area (Å²) in [6.45, 7) is 2.70. The van der Waals surface area contributed by atoms with Crippen LogP contribution in [0.4, 0.5) is 5.95 Å². The van der Waals surface area contributed by atoms with Gasteiger partial charge in [0.1, 0.15) is 5.52 Å². The minimum absolute atomic E-state index is 0.457. The van der Waals surface area contributed by atoms with Gasteiger partial charge in [0.15, 0.2) is 5.65 Å². The highest BCUT2D eigenvalue weighted by Crippen LogP contribution is 2.20. The largest absolute Gasteiger partial charge is 0.369 e. The lowest BCUT2D eigenvalue weighted by molar-refractivity contribution is 0.715. The van der Waals surface area contributed by atoms with E-state index in [1.165, 1.54) is 0 Å². The molecule has 3 aromatic rings. The van der Waals surface area contributed by atoms with Crippen LogP contribution in [-0.2, 0) is 13.0 Å². The number of halogens is 1. The van der Waals surface area contributed by atoms with Gasteiger partial charge in [0.05, 0.1) is 10.0 Å². The number of nitrogens with zero attached hydrogens (tertiary/aromatic N) is 4. The van der Waals surface area contributed by atoms with Crippen LogP contribution in [0, 0.1) is 6.92 Å². The first-order valence-corrected chi connectivity index (χ1v) is 7.07. The van der Waals surface area contributed by atoms with Gasteiger partial charge in [0.25, 0.3) is 0 Å². The van der Waals surface area contributed by atoms with Gasteiger partial charge in [-0.3, -0.25) is 4.57 Å². The lowest BCUT2D eigenvalue weighted by Gasteiger charge is -2.03. The van der Waals surface area contributed by atoms with Gasteiger partial charge in [0.2, 0.25) is 5.95 Å². The number of nitrogen functional groups attached to an aromatic ring is 1. The molecule has 0 aromatic carbocycles. The van der Waals surface area contributed by atoms with Crippen molar-refractivity contribution in [3.8, 4) is 0 Å². The average molecular weight is 294 g/mol. The van der Waals surface area contributed by atoms with Gasteiger partial charge in [0, 0.05) is 30.2 Å². The van der Waals surface area contributed by atoms with Crippen LogP contribution in [0.5, 0.6) is 0 Å². The zero-order chi connectivity index (χ0) is 13.4. The molecule has 0 aliphatic rings. The van der Waals surface area contributed by atoms with Crippen LogP contribution in [0.25, 0.3) is 11.2 Å². The molecule has 0 unspecified atom stereocenters. The van der Waals surface area contributed by atoms with E-state index in [1.54, 1.807) is 23.6 Å². The van der Waals surface area contributed by atoms with Crippen LogP contribution in [0.2, 0.25) is 5.02 Å². The number of imidazole rings is 1. The maximum atomic E-state index is 5.92. The van der Waals surface area contributed by atoms with Crippen LogP contribution < -0.4 is 5.73 Å². The summed E-state index contributed by atoms with van der Waals surface area (Å²) in [7, 11) is 0. The number of aromatic nitrogens is 4. The van der Waals surface area contributed by atoms with Crippen molar-refractivity contribution in [3.05, 3.63) is 33.4 Å². The molecule has 0 aliphatic carbocycles. The number of anilines is 1. The molecule has 98 valence electrons. The minimum Gasteiger partial charge on any atom is -0.369 e. The number of hydrogen-bond acceptors (Lipinski definition) is 5. The van der Waals surface area contributed by atoms with E-state index in [1.807, 2.05) is 16.9 Å². The molecule has 7 heteroatoms. The summed E-state index contributed by atoms with van der Waals surface area (Å²) < 4.78 is 1.89. The van der Waals surface area contributed by atoms with Crippen molar-refractivity contribution in [2.45, 2.75) is 19.9 Å². The molecular formula is C12H12ClN5S. The zero-order valence-corrected chi connectivity index (χ0v) is 11.9. The second kappa shape index (κ2) is 4.79. The van der Waals surface area contributed by atoms with E-state index in [2.05, 4.69) is 15.0 Å². The number of hydrogen-bond donors (Lipinski definition) is 1. The van der Waals surface area contributed by atoms with Crippen LogP contribution in [0.15, 0.2) is 17.6 Å². The third-order valence-electron chi connectivity index (χ3n) is 2.80. The Morgan fingerprint density at radius 3 is 3.00 bits per heavy atom. The van der Waals surface area contributed by atoms with Crippen molar-refractivity contribution in [1.82, 2.24) is 19.5 Å². The summed E-state index contributed by atoms with van der Waals surface area (Å²) in [5.74, 6) is 0.457. The van der Waals surface area contributed by atoms with Crippen molar-refractivity contribution in [1.29, 1.82) is 0 Å². The van der Waals surface area contributed by atoms with E-state index >= 15 is 0 Å². The van der Waals surface area contributed by atoms with Gasteiger partial charge in [-0.1, -0.05) is 11.6 Å². The summed E-state index contributed by atoms with van der Waals surface area (Å²) in [5.41, 5.74) is 8.46. The highest BCUT2D eigenvalue weighted by Gasteiger charge is 2.10. The number of thiazole rings is 1. The van der Waals surface area contributed by atoms with Crippen molar-refractivity contribution < 1.29 is 0 Å². The third-order valence-corrected chi connectivity index (χ3v) is 4.03. The second-order valence-electron chi connectivity index (χ2n) is 4.25. The first kappa shape index (κ1) is 12.4. The topological polar surface area (TPSA) is 69.6 Å². The fourth-order valence-corrected chi connectivity index (χ4v) is 2.87. The van der Waals surface area contributed by atoms with Crippen LogP contribution in [0.1, 0.15) is 10.7 Å². The lowest BCUT2D eigenvalue weighted by Crippen LogP contribution is -2.06. The van der Waals surface area contributed by atoms with Crippen LogP contribution in [-0.4, -0.2) is 19.5 Å². The van der Waals surface area contributed by atoms with E-state index in [0.29, 0.717) is 17.5 Å². The maximum Gasteiger partial charge on any atom is 0.202 e. The SMILES string of the molecule is Cc1csc(CCn2c(N)nc3cc(Cl)cnc32)n1. The Bertz CT molecular complexity index is 733. The Balaban J connectivity index is 1.90. The maximum absolute atomic E-state index is 5.92. The number of nitrogens with two attached hydrogens (primary N) is 1. The van der Waals surface area contributed by atoms with Crippen LogP contribution in [0.3, 0.4) is 0 Å². The molecule has 0 saturated heterocycles. The molecule has 2 N–H and O–H groups in total. The minimum atomic E-state index is 0.457. The first-order valence-electron chi connectivity index (χ1n) is 5.82. The molecule has 3 rings (SSSR count). The van der Waals surface area contributed by atoms with E-state index in [0.717, 1.165) is 28.3 Å². The molecule has 0 radical (unpaired) electrons. The zero-order valence-electron chi connectivity index (χ0n) is 10.3. The Hall–Kier alpha value is -1.66. The van der Waals surface area contributed by atoms with Gasteiger partial charge in [-0.2, -0.15) is 0 Å². The molecule has 0 amide bonds. The lowest BCUT2D eigenvalue weighted by atomic mass is 10.4. The predicted molar refractivity (Wildman–Crippen MR) is 77.5 cm³/mol. The Morgan fingerprint density at radius 2 is 2.26 bits per heavy atom. The number of aryl methyl sites for hydroxylation is 3. The molecule has 0 fully saturated rings. The van der Waals surface area contributed by atoms with Gasteiger partial charge >= 0.3 is 0 Å². The van der Waals surface area contributed by atoms with E-state index in [-0.39, 0.29) is 0 Å². The summed E-state index contributed by atoms with van der Waals surface area (Å²) in [5, 5.41) is 3.70. The predicted octanol–water partition coefficient (Wildman–Crippen LogP) is 2.67. The fourth-order valence-electron chi connectivity index (χ4n) is 1.95. The smallest absolute Gasteiger partial charge is 0.202 e. The number of rotatable bonds is 3. The van der Waals surface area contributed by atoms with E-state index < -0.39 is 0 Å². The molecule has 19 heavy (non-hydrogen) atoms. The summed E-state index contributed by atoms with van der Waals surface area (Å²) in [6.07, 6.45) is 2.42. The summed E-state index contributed by atoms with van der Waals surface area (Å²) in [6, 6.07) is 1.77. The van der Waals surface area contributed by atoms with Crippen molar-refractivity contribution in [2.75, 3.05) is 5.73 Å².